The minimum atomic E-state index is -0.377. The van der Waals surface area contributed by atoms with E-state index in [1.807, 2.05) is 36.4 Å². The number of rotatable bonds is 6. The van der Waals surface area contributed by atoms with Crippen molar-refractivity contribution in [2.24, 2.45) is 0 Å². The molecule has 4 rings (SSSR count). The summed E-state index contributed by atoms with van der Waals surface area (Å²) in [5, 5.41) is 10.2. The molecule has 2 aliphatic rings. The fourth-order valence-electron chi connectivity index (χ4n) is 4.82. The predicted molar refractivity (Wildman–Crippen MR) is 116 cm³/mol. The Morgan fingerprint density at radius 1 is 1.21 bits per heavy atom. The SMILES string of the molecule is C=Cc1c([C@@]23CC[C@H](O)C=C2N(C)CC3)ccc(OC)c1OCc1ccccc1. The Morgan fingerprint density at radius 3 is 2.72 bits per heavy atom. The molecule has 4 nitrogen and oxygen atoms in total. The Morgan fingerprint density at radius 2 is 2.00 bits per heavy atom. The summed E-state index contributed by atoms with van der Waals surface area (Å²) in [6.45, 7) is 5.55. The number of aliphatic hydroxyl groups excluding tert-OH is 1. The van der Waals surface area contributed by atoms with E-state index in [9.17, 15) is 5.11 Å². The van der Waals surface area contributed by atoms with Crippen molar-refractivity contribution in [1.82, 2.24) is 4.90 Å². The van der Waals surface area contributed by atoms with E-state index in [2.05, 4.69) is 36.7 Å². The second-order valence-corrected chi connectivity index (χ2v) is 7.95. The van der Waals surface area contributed by atoms with E-state index in [1.165, 1.54) is 11.3 Å². The van der Waals surface area contributed by atoms with Gasteiger partial charge in [-0.3, -0.25) is 0 Å². The molecule has 0 radical (unpaired) electrons. The topological polar surface area (TPSA) is 41.9 Å². The van der Waals surface area contributed by atoms with Gasteiger partial charge < -0.3 is 19.5 Å². The molecular formula is C25H29NO3. The fourth-order valence-corrected chi connectivity index (χ4v) is 4.82. The molecule has 2 aromatic rings. The van der Waals surface area contributed by atoms with Crippen molar-refractivity contribution in [2.75, 3.05) is 20.7 Å². The molecule has 2 aromatic carbocycles. The smallest absolute Gasteiger partial charge is 0.169 e. The number of likely N-dealkylation sites (tertiary alicyclic amines) is 1. The summed E-state index contributed by atoms with van der Waals surface area (Å²) in [6, 6.07) is 14.3. The van der Waals surface area contributed by atoms with Crippen LogP contribution in [0.4, 0.5) is 0 Å². The summed E-state index contributed by atoms with van der Waals surface area (Å²) in [5.41, 5.74) is 4.39. The Labute approximate surface area is 173 Å². The minimum absolute atomic E-state index is 0.116. The van der Waals surface area contributed by atoms with Gasteiger partial charge in [0, 0.05) is 30.3 Å². The molecule has 0 unspecified atom stereocenters. The highest BCUT2D eigenvalue weighted by Gasteiger charge is 2.46. The van der Waals surface area contributed by atoms with Crippen LogP contribution >= 0.6 is 0 Å². The first kappa shape index (κ1) is 19.6. The molecule has 1 saturated heterocycles. The van der Waals surface area contributed by atoms with Crippen molar-refractivity contribution in [1.29, 1.82) is 0 Å². The van der Waals surface area contributed by atoms with Gasteiger partial charge in [0.2, 0.25) is 0 Å². The van der Waals surface area contributed by atoms with Crippen molar-refractivity contribution in [3.63, 3.8) is 0 Å². The number of methoxy groups -OCH3 is 1. The molecule has 2 atom stereocenters. The van der Waals surface area contributed by atoms with Crippen LogP contribution in [0, 0.1) is 0 Å². The average Bonchev–Trinajstić information content (AvgIpc) is 3.09. The summed E-state index contributed by atoms with van der Waals surface area (Å²) in [5.74, 6) is 1.45. The van der Waals surface area contributed by atoms with Crippen LogP contribution in [-0.2, 0) is 12.0 Å². The highest BCUT2D eigenvalue weighted by atomic mass is 16.5. The van der Waals surface area contributed by atoms with Crippen LogP contribution in [0.15, 0.2) is 60.8 Å². The lowest BCUT2D eigenvalue weighted by Gasteiger charge is -2.38. The standard InChI is InChI=1S/C25H29NO3/c1-4-20-21(25-13-12-19(27)16-23(25)26(2)15-14-25)10-11-22(28-3)24(20)29-17-18-8-6-5-7-9-18/h4-11,16,19,27H,1,12-15,17H2,2-3H3/t19-,25-/m0/s1. The molecule has 0 aromatic heterocycles. The minimum Gasteiger partial charge on any atom is -0.493 e. The monoisotopic (exact) mass is 391 g/mol. The molecule has 1 aliphatic heterocycles. The number of allylic oxidation sites excluding steroid dienone is 1. The lowest BCUT2D eigenvalue weighted by atomic mass is 9.68. The molecule has 4 heteroatoms. The number of hydrogen-bond donors (Lipinski definition) is 1. The van der Waals surface area contributed by atoms with Crippen LogP contribution in [0.2, 0.25) is 0 Å². The number of ether oxygens (including phenoxy) is 2. The Balaban J connectivity index is 1.79. The normalized spacial score (nSPS) is 23.3. The highest BCUT2D eigenvalue weighted by molar-refractivity contribution is 5.68. The zero-order valence-electron chi connectivity index (χ0n) is 17.2. The molecule has 1 aliphatic carbocycles. The Hall–Kier alpha value is -2.72. The quantitative estimate of drug-likeness (QED) is 0.786. The predicted octanol–water partition coefficient (Wildman–Crippen LogP) is 4.53. The van der Waals surface area contributed by atoms with Gasteiger partial charge in [0.25, 0.3) is 0 Å². The number of aliphatic hydroxyl groups is 1. The third kappa shape index (κ3) is 3.42. The van der Waals surface area contributed by atoms with Crippen LogP contribution in [0.5, 0.6) is 11.5 Å². The van der Waals surface area contributed by atoms with E-state index >= 15 is 0 Å². The molecule has 0 amide bonds. The first-order valence-corrected chi connectivity index (χ1v) is 10.2. The Bertz CT molecular complexity index is 921. The van der Waals surface area contributed by atoms with Crippen LogP contribution in [-0.4, -0.2) is 36.8 Å². The first-order chi connectivity index (χ1) is 14.1. The van der Waals surface area contributed by atoms with E-state index in [0.29, 0.717) is 12.4 Å². The summed E-state index contributed by atoms with van der Waals surface area (Å²) in [4.78, 5) is 2.27. The number of fused-ring (bicyclic) bond motifs is 1. The maximum Gasteiger partial charge on any atom is 0.169 e. The van der Waals surface area contributed by atoms with Gasteiger partial charge in [0.1, 0.15) is 6.61 Å². The lowest BCUT2D eigenvalue weighted by Crippen LogP contribution is -2.34. The first-order valence-electron chi connectivity index (χ1n) is 10.2. The summed E-state index contributed by atoms with van der Waals surface area (Å²) in [6.07, 6.45) is 6.23. The fraction of sp³-hybridized carbons (Fsp3) is 0.360. The number of benzene rings is 2. The summed E-state index contributed by atoms with van der Waals surface area (Å²) < 4.78 is 11.9. The average molecular weight is 392 g/mol. The zero-order valence-corrected chi connectivity index (χ0v) is 17.2. The third-order valence-corrected chi connectivity index (χ3v) is 6.32. The molecule has 0 spiro atoms. The molecule has 0 bridgehead atoms. The van der Waals surface area contributed by atoms with Crippen LogP contribution < -0.4 is 9.47 Å². The maximum absolute atomic E-state index is 10.2. The van der Waals surface area contributed by atoms with Crippen LogP contribution in [0.3, 0.4) is 0 Å². The summed E-state index contributed by atoms with van der Waals surface area (Å²) in [7, 11) is 3.77. The molecular weight excluding hydrogens is 362 g/mol. The molecule has 0 saturated carbocycles. The number of likely N-dealkylation sites (N-methyl/N-ethyl adjacent to an activating group) is 1. The van der Waals surface area contributed by atoms with Gasteiger partial charge in [-0.25, -0.2) is 0 Å². The second-order valence-electron chi connectivity index (χ2n) is 7.95. The molecule has 152 valence electrons. The van der Waals surface area contributed by atoms with Crippen LogP contribution in [0.1, 0.15) is 36.0 Å². The van der Waals surface area contributed by atoms with E-state index < -0.39 is 0 Å². The highest BCUT2D eigenvalue weighted by Crippen LogP contribution is 2.52. The van der Waals surface area contributed by atoms with Crippen molar-refractivity contribution in [3.05, 3.63) is 77.5 Å². The van der Waals surface area contributed by atoms with Gasteiger partial charge in [0.15, 0.2) is 11.5 Å². The van der Waals surface area contributed by atoms with Crippen molar-refractivity contribution >= 4 is 6.08 Å². The molecule has 1 heterocycles. The molecule has 29 heavy (non-hydrogen) atoms. The van der Waals surface area contributed by atoms with E-state index in [-0.39, 0.29) is 11.5 Å². The van der Waals surface area contributed by atoms with Crippen molar-refractivity contribution in [2.45, 2.75) is 37.4 Å². The molecule has 1 fully saturated rings. The number of hydrogen-bond acceptors (Lipinski definition) is 4. The maximum atomic E-state index is 10.2. The Kier molecular flexibility index (Phi) is 5.37. The van der Waals surface area contributed by atoms with Gasteiger partial charge in [-0.1, -0.05) is 49.1 Å². The zero-order chi connectivity index (χ0) is 20.4. The second kappa shape index (κ2) is 7.96. The van der Waals surface area contributed by atoms with E-state index in [1.54, 1.807) is 7.11 Å². The van der Waals surface area contributed by atoms with Gasteiger partial charge in [-0.15, -0.1) is 0 Å². The van der Waals surface area contributed by atoms with Crippen LogP contribution in [0.25, 0.3) is 6.08 Å². The van der Waals surface area contributed by atoms with Gasteiger partial charge >= 0.3 is 0 Å². The van der Waals surface area contributed by atoms with Crippen molar-refractivity contribution in [3.8, 4) is 11.5 Å². The molecule has 1 N–H and O–H groups in total. The van der Waals surface area contributed by atoms with Gasteiger partial charge in [-0.05, 0) is 42.5 Å². The number of nitrogens with zero attached hydrogens (tertiary/aromatic N) is 1. The lowest BCUT2D eigenvalue weighted by molar-refractivity contribution is 0.181. The summed E-state index contributed by atoms with van der Waals surface area (Å²) >= 11 is 0. The van der Waals surface area contributed by atoms with Gasteiger partial charge in [-0.2, -0.15) is 0 Å². The van der Waals surface area contributed by atoms with Crippen molar-refractivity contribution < 1.29 is 14.6 Å². The van der Waals surface area contributed by atoms with E-state index in [4.69, 9.17) is 9.47 Å². The van der Waals surface area contributed by atoms with E-state index in [0.717, 1.165) is 42.7 Å². The third-order valence-electron chi connectivity index (χ3n) is 6.32. The van der Waals surface area contributed by atoms with Gasteiger partial charge in [0.05, 0.1) is 13.2 Å². The largest absolute Gasteiger partial charge is 0.493 e.